The molecule has 0 aliphatic heterocycles. The number of nitrogens with two attached hydrogens (primary N) is 1. The number of nitrogen functional groups attached to an aromatic ring is 1. The summed E-state index contributed by atoms with van der Waals surface area (Å²) in [5, 5.41) is 0.820. The van der Waals surface area contributed by atoms with E-state index in [9.17, 15) is 4.79 Å². The van der Waals surface area contributed by atoms with Gasteiger partial charge in [-0.25, -0.2) is 9.97 Å². The Morgan fingerprint density at radius 3 is 2.52 bits per heavy atom. The van der Waals surface area contributed by atoms with Crippen LogP contribution in [-0.2, 0) is 4.74 Å². The van der Waals surface area contributed by atoms with Crippen molar-refractivity contribution in [3.8, 4) is 17.0 Å². The highest BCUT2D eigenvalue weighted by molar-refractivity contribution is 5.84. The van der Waals surface area contributed by atoms with Gasteiger partial charge >= 0.3 is 0 Å². The topological polar surface area (TPSA) is 105 Å². The number of nitrogens with zero attached hydrogens (tertiary/aromatic N) is 4. The van der Waals surface area contributed by atoms with E-state index in [1.807, 2.05) is 23.6 Å². The second-order valence-electron chi connectivity index (χ2n) is 8.34. The van der Waals surface area contributed by atoms with Crippen molar-refractivity contribution in [3.63, 3.8) is 0 Å². The van der Waals surface area contributed by atoms with Crippen LogP contribution >= 0.6 is 0 Å². The van der Waals surface area contributed by atoms with Crippen LogP contribution in [0.4, 0.5) is 5.95 Å². The third kappa shape index (κ3) is 4.25. The van der Waals surface area contributed by atoms with E-state index < -0.39 is 0 Å². The first-order valence-corrected chi connectivity index (χ1v) is 10.7. The molecule has 0 aromatic carbocycles. The van der Waals surface area contributed by atoms with Crippen LogP contribution in [0.15, 0.2) is 29.2 Å². The average Bonchev–Trinajstić information content (AvgIpc) is 2.74. The molecular weight excluding hydrogens is 394 g/mol. The minimum atomic E-state index is -0.0924. The Morgan fingerprint density at radius 1 is 1.16 bits per heavy atom. The Hall–Kier alpha value is -3.00. The highest BCUT2D eigenvalue weighted by atomic mass is 16.5. The summed E-state index contributed by atoms with van der Waals surface area (Å²) in [5.74, 6) is 0.675. The lowest BCUT2D eigenvalue weighted by Gasteiger charge is -2.31. The number of ether oxygens (including phenoxy) is 2. The molecule has 31 heavy (non-hydrogen) atoms. The van der Waals surface area contributed by atoms with E-state index in [1.54, 1.807) is 19.4 Å². The fourth-order valence-electron chi connectivity index (χ4n) is 4.40. The van der Waals surface area contributed by atoms with E-state index in [1.165, 1.54) is 0 Å². The second-order valence-corrected chi connectivity index (χ2v) is 8.34. The number of hydrogen-bond donors (Lipinski definition) is 1. The molecule has 4 rings (SSSR count). The van der Waals surface area contributed by atoms with Crippen molar-refractivity contribution in [2.75, 3.05) is 12.8 Å². The number of pyridine rings is 2. The first-order valence-electron chi connectivity index (χ1n) is 10.7. The predicted molar refractivity (Wildman–Crippen MR) is 120 cm³/mol. The number of hydrogen-bond acceptors (Lipinski definition) is 7. The molecule has 1 fully saturated rings. The molecule has 3 aromatic rings. The van der Waals surface area contributed by atoms with Crippen molar-refractivity contribution >= 4 is 17.0 Å². The summed E-state index contributed by atoms with van der Waals surface area (Å²) in [6, 6.07) is 5.48. The minimum Gasteiger partial charge on any atom is -0.481 e. The molecule has 8 heteroatoms. The zero-order chi connectivity index (χ0) is 22.1. The van der Waals surface area contributed by atoms with Gasteiger partial charge in [-0.2, -0.15) is 4.98 Å². The van der Waals surface area contributed by atoms with Crippen LogP contribution in [0.25, 0.3) is 22.2 Å². The quantitative estimate of drug-likeness (QED) is 0.667. The molecule has 2 N–H and O–H groups in total. The molecule has 1 aliphatic rings. The summed E-state index contributed by atoms with van der Waals surface area (Å²) >= 11 is 0. The maximum Gasteiger partial charge on any atom is 0.260 e. The monoisotopic (exact) mass is 423 g/mol. The molecule has 0 spiro atoms. The van der Waals surface area contributed by atoms with Crippen LogP contribution in [0, 0.1) is 6.92 Å². The summed E-state index contributed by atoms with van der Waals surface area (Å²) in [4.78, 5) is 26.7. The number of aromatic nitrogens is 4. The molecule has 164 valence electrons. The maximum absolute atomic E-state index is 13.7. The van der Waals surface area contributed by atoms with Gasteiger partial charge in [-0.05, 0) is 58.6 Å². The molecular formula is C23H29N5O3. The van der Waals surface area contributed by atoms with Gasteiger partial charge in [0.1, 0.15) is 5.65 Å². The Balaban J connectivity index is 1.83. The van der Waals surface area contributed by atoms with E-state index in [2.05, 4.69) is 28.8 Å². The number of anilines is 1. The molecule has 0 amide bonds. The largest absolute Gasteiger partial charge is 0.481 e. The lowest BCUT2D eigenvalue weighted by Crippen LogP contribution is -2.32. The highest BCUT2D eigenvalue weighted by Gasteiger charge is 2.27. The van der Waals surface area contributed by atoms with Gasteiger partial charge in [-0.15, -0.1) is 0 Å². The first-order chi connectivity index (χ1) is 14.9. The number of fused-ring (bicyclic) bond motifs is 1. The van der Waals surface area contributed by atoms with Crippen molar-refractivity contribution in [2.45, 2.75) is 64.7 Å². The fourth-order valence-corrected chi connectivity index (χ4v) is 4.40. The molecule has 0 atom stereocenters. The number of aryl methyl sites for hydroxylation is 1. The summed E-state index contributed by atoms with van der Waals surface area (Å²) in [6.07, 6.45) is 5.60. The Bertz CT molecular complexity index is 1130. The first kappa shape index (κ1) is 21.2. The summed E-state index contributed by atoms with van der Waals surface area (Å²) < 4.78 is 13.0. The number of rotatable bonds is 5. The third-order valence-electron chi connectivity index (χ3n) is 5.83. The van der Waals surface area contributed by atoms with Crippen LogP contribution in [0.5, 0.6) is 5.88 Å². The molecule has 3 heterocycles. The molecule has 8 nitrogen and oxygen atoms in total. The number of methoxy groups -OCH3 is 1. The smallest absolute Gasteiger partial charge is 0.260 e. The van der Waals surface area contributed by atoms with E-state index in [-0.39, 0.29) is 29.8 Å². The van der Waals surface area contributed by atoms with Crippen molar-refractivity contribution in [2.24, 2.45) is 0 Å². The Morgan fingerprint density at radius 2 is 1.90 bits per heavy atom. The van der Waals surface area contributed by atoms with Crippen molar-refractivity contribution in [1.29, 1.82) is 0 Å². The van der Waals surface area contributed by atoms with Crippen molar-refractivity contribution in [3.05, 3.63) is 40.4 Å². The average molecular weight is 424 g/mol. The summed E-state index contributed by atoms with van der Waals surface area (Å²) in [6.45, 7) is 6.00. The Kier molecular flexibility index (Phi) is 5.91. The molecule has 0 bridgehead atoms. The third-order valence-corrected chi connectivity index (χ3v) is 5.83. The molecule has 0 unspecified atom stereocenters. The van der Waals surface area contributed by atoms with E-state index in [0.29, 0.717) is 17.1 Å². The van der Waals surface area contributed by atoms with Crippen LogP contribution < -0.4 is 16.0 Å². The van der Waals surface area contributed by atoms with Crippen LogP contribution in [-0.4, -0.2) is 38.8 Å². The van der Waals surface area contributed by atoms with E-state index in [0.717, 1.165) is 42.3 Å². The van der Waals surface area contributed by atoms with E-state index >= 15 is 0 Å². The molecule has 0 saturated heterocycles. The van der Waals surface area contributed by atoms with Gasteiger partial charge in [0.2, 0.25) is 11.8 Å². The molecule has 3 aromatic heterocycles. The highest BCUT2D eigenvalue weighted by Crippen LogP contribution is 2.33. The minimum absolute atomic E-state index is 0.0295. The van der Waals surface area contributed by atoms with Crippen LogP contribution in [0.1, 0.15) is 51.3 Å². The summed E-state index contributed by atoms with van der Waals surface area (Å²) in [5.41, 5.74) is 8.49. The van der Waals surface area contributed by atoms with Crippen molar-refractivity contribution in [1.82, 2.24) is 19.5 Å². The van der Waals surface area contributed by atoms with Gasteiger partial charge in [-0.3, -0.25) is 9.36 Å². The van der Waals surface area contributed by atoms with Gasteiger partial charge in [0.05, 0.1) is 25.0 Å². The lowest BCUT2D eigenvalue weighted by atomic mass is 9.92. The zero-order valence-electron chi connectivity index (χ0n) is 18.5. The van der Waals surface area contributed by atoms with E-state index in [4.69, 9.17) is 15.2 Å². The second kappa shape index (κ2) is 8.63. The lowest BCUT2D eigenvalue weighted by molar-refractivity contribution is -0.0184. The standard InChI is InChI=1S/C23H29N5O3/c1-13(2)31-17-8-6-16(7-9-17)28-21-18(14(3)26-23(24)27-21)11-19(22(28)29)15-5-10-20(30-4)25-12-15/h5,10-13,16-17H,6-9H2,1-4H3,(H2,24,26,27)/t16-,17-. The maximum atomic E-state index is 13.7. The van der Waals surface area contributed by atoms with Gasteiger partial charge < -0.3 is 15.2 Å². The summed E-state index contributed by atoms with van der Waals surface area (Å²) in [7, 11) is 1.56. The zero-order valence-corrected chi connectivity index (χ0v) is 18.5. The predicted octanol–water partition coefficient (Wildman–Crippen LogP) is 3.66. The Labute approximate surface area is 181 Å². The van der Waals surface area contributed by atoms with Gasteiger partial charge in [-0.1, -0.05) is 0 Å². The van der Waals surface area contributed by atoms with Gasteiger partial charge in [0.15, 0.2) is 0 Å². The van der Waals surface area contributed by atoms with Crippen molar-refractivity contribution < 1.29 is 9.47 Å². The van der Waals surface area contributed by atoms with Gasteiger partial charge in [0, 0.05) is 34.8 Å². The van der Waals surface area contributed by atoms with Crippen LogP contribution in [0.3, 0.4) is 0 Å². The SMILES string of the molecule is COc1ccc(-c2cc3c(C)nc(N)nc3n([C@H]3CC[C@H](OC(C)C)CC3)c2=O)cn1. The fraction of sp³-hybridized carbons (Fsp3) is 0.478. The molecule has 1 saturated carbocycles. The van der Waals surface area contributed by atoms with Gasteiger partial charge in [0.25, 0.3) is 5.56 Å². The van der Waals surface area contributed by atoms with Crippen LogP contribution in [0.2, 0.25) is 0 Å². The molecule has 1 aliphatic carbocycles. The normalized spacial score (nSPS) is 19.1. The molecule has 0 radical (unpaired) electrons.